The van der Waals surface area contributed by atoms with E-state index in [0.29, 0.717) is 12.8 Å². The summed E-state index contributed by atoms with van der Waals surface area (Å²) in [5.41, 5.74) is -1.35. The van der Waals surface area contributed by atoms with Crippen LogP contribution in [0.25, 0.3) is 0 Å². The van der Waals surface area contributed by atoms with Gasteiger partial charge >= 0.3 is 46.7 Å². The standard InChI is InChI=1S/C32H74O13Si8/c1-23-29(33)35-27(5)37-31(25-3)52(39-46(7,8)9,40-47(10,11)12)44-50(19,20)43-51(21,22)45-53(41-48(13,14)15,42-49(16,17)18)32(26-4)38-28(6)36-30(34)24-2/h23-24,27-28,31-32H,1-2,25-26H2,3-22H3. The first-order valence-electron chi connectivity index (χ1n) is 18.4. The van der Waals surface area contributed by atoms with Crippen LogP contribution in [0.1, 0.15) is 40.5 Å². The lowest BCUT2D eigenvalue weighted by atomic mass is 10.5. The maximum absolute atomic E-state index is 12.1. The minimum Gasteiger partial charge on any atom is -0.433 e. The van der Waals surface area contributed by atoms with E-state index in [0.717, 1.165) is 12.2 Å². The summed E-state index contributed by atoms with van der Waals surface area (Å²) in [5, 5.41) is 0. The largest absolute Gasteiger partial charge is 0.501 e. The molecule has 0 amide bonds. The van der Waals surface area contributed by atoms with Gasteiger partial charge in [-0.15, -0.1) is 0 Å². The van der Waals surface area contributed by atoms with Crippen molar-refractivity contribution in [3.05, 3.63) is 25.3 Å². The zero-order chi connectivity index (χ0) is 42.1. The second-order valence-electron chi connectivity index (χ2n) is 17.7. The number of carbonyl (C=O) groups excluding carboxylic acids is 2. The Morgan fingerprint density at radius 2 is 0.717 bits per heavy atom. The Morgan fingerprint density at radius 3 is 0.906 bits per heavy atom. The first-order valence-corrected chi connectivity index (χ1v) is 41.3. The van der Waals surface area contributed by atoms with Crippen molar-refractivity contribution in [3.63, 3.8) is 0 Å². The first kappa shape index (κ1) is 52.8. The van der Waals surface area contributed by atoms with Crippen LogP contribution >= 0.6 is 0 Å². The Kier molecular flexibility index (Phi) is 20.4. The number of hydrogen-bond donors (Lipinski definition) is 0. The molecule has 0 N–H and O–H groups in total. The fourth-order valence-electron chi connectivity index (χ4n) is 5.35. The van der Waals surface area contributed by atoms with Crippen molar-refractivity contribution >= 4 is 79.9 Å². The summed E-state index contributed by atoms with van der Waals surface area (Å²) in [7, 11) is -23.6. The summed E-state index contributed by atoms with van der Waals surface area (Å²) in [6.45, 7) is 47.0. The molecule has 4 atom stereocenters. The SMILES string of the molecule is C=CC(=O)OC(C)OC(CC)[Si](O[Si](C)(C)C)(O[Si](C)(C)C)O[Si](C)(C)O[Si](C)(C)O[Si](O[Si](C)(C)C)(O[Si](C)(C)C)C(CC)OC(C)OC(=O)C=C. The molecule has 0 aromatic carbocycles. The zero-order valence-electron chi connectivity index (χ0n) is 36.6. The highest BCUT2D eigenvalue weighted by molar-refractivity contribution is 6.93. The predicted octanol–water partition coefficient (Wildman–Crippen LogP) is 8.54. The third-order valence-corrected chi connectivity index (χ3v) is 33.4. The van der Waals surface area contributed by atoms with E-state index in [1.807, 2.05) is 40.0 Å². The molecule has 0 rings (SSSR count). The topological polar surface area (TPSA) is 136 Å². The van der Waals surface area contributed by atoms with Crippen molar-refractivity contribution in [2.24, 2.45) is 0 Å². The molecule has 0 aliphatic rings. The van der Waals surface area contributed by atoms with Gasteiger partial charge in [-0.1, -0.05) is 27.0 Å². The van der Waals surface area contributed by atoms with E-state index in [9.17, 15) is 9.59 Å². The quantitative estimate of drug-likeness (QED) is 0.0356. The summed E-state index contributed by atoms with van der Waals surface area (Å²) in [6.07, 6.45) is 1.29. The number of hydrogen-bond acceptors (Lipinski definition) is 13. The van der Waals surface area contributed by atoms with Gasteiger partial charge in [-0.05, 0) is 131 Å². The zero-order valence-corrected chi connectivity index (χ0v) is 44.6. The average Bonchev–Trinajstić information content (AvgIpc) is 2.88. The van der Waals surface area contributed by atoms with Gasteiger partial charge in [0, 0.05) is 12.2 Å². The maximum Gasteiger partial charge on any atom is 0.501 e. The van der Waals surface area contributed by atoms with Crippen LogP contribution in [-0.2, 0) is 57.3 Å². The van der Waals surface area contributed by atoms with Gasteiger partial charge in [0.25, 0.3) is 0 Å². The molecule has 53 heavy (non-hydrogen) atoms. The van der Waals surface area contributed by atoms with E-state index in [4.69, 9.17) is 47.8 Å². The summed E-state index contributed by atoms with van der Waals surface area (Å²) in [6, 6.07) is 0. The number of rotatable bonds is 26. The number of ether oxygens (including phenoxy) is 4. The van der Waals surface area contributed by atoms with Crippen molar-refractivity contribution in [1.82, 2.24) is 0 Å². The van der Waals surface area contributed by atoms with E-state index < -0.39 is 104 Å². The number of carbonyl (C=O) groups is 2. The van der Waals surface area contributed by atoms with Gasteiger partial charge in [0.15, 0.2) is 33.3 Å². The Balaban J connectivity index is 7.33. The van der Waals surface area contributed by atoms with Crippen LogP contribution in [0.15, 0.2) is 25.3 Å². The Bertz CT molecular complexity index is 1070. The second-order valence-corrected chi connectivity index (χ2v) is 49.6. The van der Waals surface area contributed by atoms with Gasteiger partial charge in [0.2, 0.25) is 12.6 Å². The van der Waals surface area contributed by atoms with Crippen molar-refractivity contribution in [2.75, 3.05) is 0 Å². The van der Waals surface area contributed by atoms with Crippen LogP contribution in [0, 0.1) is 0 Å². The van der Waals surface area contributed by atoms with Gasteiger partial charge < -0.3 is 47.8 Å². The van der Waals surface area contributed by atoms with Crippen LogP contribution in [0.4, 0.5) is 0 Å². The van der Waals surface area contributed by atoms with Crippen LogP contribution in [0.5, 0.6) is 0 Å². The van der Waals surface area contributed by atoms with Crippen molar-refractivity contribution < 1.29 is 57.3 Å². The monoisotopic (exact) mass is 890 g/mol. The first-order chi connectivity index (χ1) is 23.6. The van der Waals surface area contributed by atoms with E-state index in [1.54, 1.807) is 13.8 Å². The molecule has 312 valence electrons. The summed E-state index contributed by atoms with van der Waals surface area (Å²) in [4.78, 5) is 24.2. The molecule has 0 aliphatic carbocycles. The Labute approximate surface area is 330 Å². The van der Waals surface area contributed by atoms with Crippen LogP contribution < -0.4 is 0 Å². The minimum absolute atomic E-state index is 0.465. The highest BCUT2D eigenvalue weighted by atomic mass is 28.5. The molecular weight excluding hydrogens is 817 g/mol. The van der Waals surface area contributed by atoms with E-state index in [-0.39, 0.29) is 0 Å². The molecule has 0 saturated heterocycles. The molecule has 21 heteroatoms. The highest BCUT2D eigenvalue weighted by Gasteiger charge is 2.62. The third-order valence-electron chi connectivity index (χ3n) is 6.20. The van der Waals surface area contributed by atoms with E-state index in [1.165, 1.54) is 0 Å². The van der Waals surface area contributed by atoms with Gasteiger partial charge in [0.1, 0.15) is 11.5 Å². The molecular formula is C32H74O13Si8. The summed E-state index contributed by atoms with van der Waals surface area (Å²) in [5.74, 6) is -1.20. The average molecular weight is 892 g/mol. The van der Waals surface area contributed by atoms with E-state index >= 15 is 0 Å². The molecule has 0 bridgehead atoms. The Hall–Kier alpha value is -0.205. The molecule has 0 aliphatic heterocycles. The van der Waals surface area contributed by atoms with Crippen molar-refractivity contribution in [3.8, 4) is 0 Å². The molecule has 0 aromatic rings. The number of esters is 2. The lowest BCUT2D eigenvalue weighted by Gasteiger charge is -2.49. The maximum atomic E-state index is 12.1. The third kappa shape index (κ3) is 21.2. The fourth-order valence-corrected chi connectivity index (χ4v) is 38.4. The van der Waals surface area contributed by atoms with Gasteiger partial charge in [-0.25, -0.2) is 9.59 Å². The summed E-state index contributed by atoms with van der Waals surface area (Å²) >= 11 is 0. The molecule has 0 aromatic heterocycles. The lowest BCUT2D eigenvalue weighted by molar-refractivity contribution is -0.177. The van der Waals surface area contributed by atoms with Crippen LogP contribution in [0.2, 0.25) is 105 Å². The molecule has 0 heterocycles. The minimum atomic E-state index is -3.79. The fraction of sp³-hybridized carbons (Fsp3) is 0.812. The smallest absolute Gasteiger partial charge is 0.433 e. The van der Waals surface area contributed by atoms with Gasteiger partial charge in [-0.3, -0.25) is 0 Å². The lowest BCUT2D eigenvalue weighted by Crippen LogP contribution is -2.71. The highest BCUT2D eigenvalue weighted by Crippen LogP contribution is 2.36. The molecule has 0 saturated carbocycles. The second kappa shape index (κ2) is 20.5. The van der Waals surface area contributed by atoms with Crippen LogP contribution in [0.3, 0.4) is 0 Å². The van der Waals surface area contributed by atoms with Gasteiger partial charge in [-0.2, -0.15) is 0 Å². The molecule has 0 fully saturated rings. The van der Waals surface area contributed by atoms with Crippen molar-refractivity contribution in [1.29, 1.82) is 0 Å². The summed E-state index contributed by atoms with van der Waals surface area (Å²) < 4.78 is 73.3. The molecule has 0 radical (unpaired) electrons. The molecule has 4 unspecified atom stereocenters. The normalized spacial score (nSPS) is 16.4. The van der Waals surface area contributed by atoms with Crippen LogP contribution in [-0.4, -0.2) is 104 Å². The van der Waals surface area contributed by atoms with Gasteiger partial charge in [0.05, 0.1) is 0 Å². The predicted molar refractivity (Wildman–Crippen MR) is 229 cm³/mol. The molecule has 13 nitrogen and oxygen atoms in total. The Morgan fingerprint density at radius 1 is 0.472 bits per heavy atom. The van der Waals surface area contributed by atoms with E-state index in [2.05, 4.69) is 91.7 Å². The molecule has 0 spiro atoms. The van der Waals surface area contributed by atoms with Crippen molar-refractivity contribution in [2.45, 2.75) is 169 Å².